The van der Waals surface area contributed by atoms with Crippen LogP contribution in [0.5, 0.6) is 0 Å². The van der Waals surface area contributed by atoms with Crippen LogP contribution in [0.4, 0.5) is 0 Å². The highest BCUT2D eigenvalue weighted by Gasteiger charge is 2.12. The molecule has 0 aliphatic heterocycles. The van der Waals surface area contributed by atoms with Crippen molar-refractivity contribution in [3.8, 4) is 0 Å². The van der Waals surface area contributed by atoms with Gasteiger partial charge in [0.25, 0.3) is 0 Å². The lowest BCUT2D eigenvalue weighted by molar-refractivity contribution is 0.277. The van der Waals surface area contributed by atoms with Crippen molar-refractivity contribution in [1.29, 1.82) is 0 Å². The van der Waals surface area contributed by atoms with Gasteiger partial charge in [-0.2, -0.15) is 0 Å². The Morgan fingerprint density at radius 3 is 2.44 bits per heavy atom. The van der Waals surface area contributed by atoms with Gasteiger partial charge in [0.2, 0.25) is 0 Å². The van der Waals surface area contributed by atoms with Crippen LogP contribution in [0.2, 0.25) is 0 Å². The number of rotatable bonds is 5. The molecule has 98 valence electrons. The minimum absolute atomic E-state index is 0.149. The van der Waals surface area contributed by atoms with Crippen LogP contribution in [-0.4, -0.2) is 28.0 Å². The van der Waals surface area contributed by atoms with E-state index in [1.165, 1.54) is 27.6 Å². The third-order valence-corrected chi connectivity index (χ3v) is 3.45. The molecule has 3 heteroatoms. The number of aliphatic hydroxyl groups is 2. The van der Waals surface area contributed by atoms with Crippen LogP contribution in [0.3, 0.4) is 0 Å². The van der Waals surface area contributed by atoms with Crippen LogP contribution in [-0.2, 0) is 13.0 Å². The lowest BCUT2D eigenvalue weighted by Crippen LogP contribution is -2.01. The van der Waals surface area contributed by atoms with Gasteiger partial charge >= 0.3 is 0 Å². The van der Waals surface area contributed by atoms with Gasteiger partial charge in [-0.05, 0) is 43.4 Å². The van der Waals surface area contributed by atoms with E-state index < -0.39 is 0 Å². The molecule has 0 saturated carbocycles. The Morgan fingerprint density at radius 2 is 1.78 bits per heavy atom. The molecule has 0 bridgehead atoms. The summed E-state index contributed by atoms with van der Waals surface area (Å²) in [4.78, 5) is 0. The van der Waals surface area contributed by atoms with Gasteiger partial charge in [-0.25, -0.2) is 0 Å². The molecule has 3 nitrogen and oxygen atoms in total. The van der Waals surface area contributed by atoms with Crippen LogP contribution in [0.25, 0.3) is 10.9 Å². The summed E-state index contributed by atoms with van der Waals surface area (Å²) >= 11 is 0. The molecule has 2 aromatic rings. The van der Waals surface area contributed by atoms with Crippen molar-refractivity contribution in [2.24, 2.45) is 0 Å². The average molecular weight is 247 g/mol. The Labute approximate surface area is 108 Å². The molecule has 0 amide bonds. The molecule has 0 spiro atoms. The fourth-order valence-corrected chi connectivity index (χ4v) is 2.63. The third kappa shape index (κ3) is 2.28. The normalized spacial score (nSPS) is 11.3. The second-order valence-corrected chi connectivity index (χ2v) is 4.82. The number of nitrogens with zero attached hydrogens (tertiary/aromatic N) is 1. The predicted molar refractivity (Wildman–Crippen MR) is 73.9 cm³/mol. The molecular weight excluding hydrogens is 226 g/mol. The molecule has 0 aliphatic rings. The Bertz CT molecular complexity index is 543. The molecule has 0 saturated heterocycles. The summed E-state index contributed by atoms with van der Waals surface area (Å²) in [6, 6.07) is 4.27. The zero-order valence-corrected chi connectivity index (χ0v) is 11.1. The van der Waals surface area contributed by atoms with Gasteiger partial charge in [0.05, 0.1) is 12.1 Å². The maximum absolute atomic E-state index is 9.16. The lowest BCUT2D eigenvalue weighted by atomic mass is 10.0. The van der Waals surface area contributed by atoms with Crippen LogP contribution >= 0.6 is 0 Å². The Hall–Kier alpha value is -1.32. The van der Waals surface area contributed by atoms with Gasteiger partial charge in [-0.15, -0.1) is 0 Å². The van der Waals surface area contributed by atoms with Crippen LogP contribution in [0, 0.1) is 13.8 Å². The zero-order valence-electron chi connectivity index (χ0n) is 11.1. The summed E-state index contributed by atoms with van der Waals surface area (Å²) in [5, 5.41) is 19.4. The fourth-order valence-electron chi connectivity index (χ4n) is 2.63. The summed E-state index contributed by atoms with van der Waals surface area (Å²) in [7, 11) is 0. The van der Waals surface area contributed by atoms with Crippen molar-refractivity contribution >= 4 is 10.9 Å². The van der Waals surface area contributed by atoms with E-state index in [1.807, 2.05) is 0 Å². The minimum Gasteiger partial charge on any atom is -0.396 e. The van der Waals surface area contributed by atoms with E-state index in [9.17, 15) is 0 Å². The monoisotopic (exact) mass is 247 g/mol. The number of benzene rings is 1. The maximum Gasteiger partial charge on any atom is 0.0610 e. The van der Waals surface area contributed by atoms with Crippen molar-refractivity contribution in [2.75, 3.05) is 13.2 Å². The molecule has 18 heavy (non-hydrogen) atoms. The number of aromatic nitrogens is 1. The summed E-state index contributed by atoms with van der Waals surface area (Å²) in [6.45, 7) is 5.22. The highest BCUT2D eigenvalue weighted by Crippen LogP contribution is 2.28. The summed E-state index contributed by atoms with van der Waals surface area (Å²) in [5.41, 5.74) is 4.99. The second kappa shape index (κ2) is 5.55. The van der Waals surface area contributed by atoms with Gasteiger partial charge in [0.1, 0.15) is 0 Å². The van der Waals surface area contributed by atoms with Crippen LogP contribution in [0.15, 0.2) is 18.3 Å². The summed E-state index contributed by atoms with van der Waals surface area (Å²) in [5.74, 6) is 0. The van der Waals surface area contributed by atoms with Crippen LogP contribution in [0.1, 0.15) is 23.1 Å². The predicted octanol–water partition coefficient (Wildman–Crippen LogP) is 2.18. The first-order valence-electron chi connectivity index (χ1n) is 6.48. The number of aliphatic hydroxyl groups excluding tert-OH is 2. The third-order valence-electron chi connectivity index (χ3n) is 3.45. The number of hydrogen-bond donors (Lipinski definition) is 2. The van der Waals surface area contributed by atoms with Gasteiger partial charge in [-0.3, -0.25) is 0 Å². The van der Waals surface area contributed by atoms with E-state index in [4.69, 9.17) is 10.2 Å². The molecule has 2 N–H and O–H groups in total. The van der Waals surface area contributed by atoms with E-state index in [2.05, 4.69) is 36.7 Å². The average Bonchev–Trinajstić information content (AvgIpc) is 2.72. The van der Waals surface area contributed by atoms with Crippen LogP contribution < -0.4 is 0 Å². The molecule has 1 aromatic carbocycles. The minimum atomic E-state index is 0.149. The molecule has 0 fully saturated rings. The number of aryl methyl sites for hydroxylation is 3. The molecular formula is C15H21NO2. The molecule has 1 aromatic heterocycles. The van der Waals surface area contributed by atoms with Crippen molar-refractivity contribution in [2.45, 2.75) is 33.2 Å². The van der Waals surface area contributed by atoms with Crippen molar-refractivity contribution in [3.63, 3.8) is 0 Å². The van der Waals surface area contributed by atoms with Gasteiger partial charge in [0.15, 0.2) is 0 Å². The summed E-state index contributed by atoms with van der Waals surface area (Å²) < 4.78 is 2.13. The second-order valence-electron chi connectivity index (χ2n) is 4.82. The zero-order chi connectivity index (χ0) is 13.1. The summed E-state index contributed by atoms with van der Waals surface area (Å²) in [6.07, 6.45) is 3.79. The van der Waals surface area contributed by atoms with Crippen molar-refractivity contribution in [3.05, 3.63) is 35.0 Å². The van der Waals surface area contributed by atoms with E-state index in [-0.39, 0.29) is 13.2 Å². The fraction of sp³-hybridized carbons (Fsp3) is 0.467. The Balaban J connectivity index is 2.60. The quantitative estimate of drug-likeness (QED) is 0.850. The molecule has 2 rings (SSSR count). The SMILES string of the molecule is Cc1ccc(C)c2c1c(CCCO)cn2CCO. The molecule has 1 heterocycles. The van der Waals surface area contributed by atoms with Crippen molar-refractivity contribution < 1.29 is 10.2 Å². The first-order valence-corrected chi connectivity index (χ1v) is 6.48. The number of hydrogen-bond acceptors (Lipinski definition) is 2. The molecule has 0 atom stereocenters. The van der Waals surface area contributed by atoms with E-state index in [1.54, 1.807) is 0 Å². The smallest absolute Gasteiger partial charge is 0.0610 e. The number of fused-ring (bicyclic) bond motifs is 1. The van der Waals surface area contributed by atoms with Crippen molar-refractivity contribution in [1.82, 2.24) is 4.57 Å². The standard InChI is InChI=1S/C15H21NO2/c1-11-5-6-12(2)15-14(11)13(4-3-8-17)10-16(15)7-9-18/h5-6,10,17-18H,3-4,7-9H2,1-2H3. The highest BCUT2D eigenvalue weighted by molar-refractivity contribution is 5.89. The first-order chi connectivity index (χ1) is 8.69. The maximum atomic E-state index is 9.16. The Kier molecular flexibility index (Phi) is 4.04. The lowest BCUT2D eigenvalue weighted by Gasteiger charge is -2.07. The first kappa shape index (κ1) is 13.1. The molecule has 0 aliphatic carbocycles. The van der Waals surface area contributed by atoms with E-state index in [0.29, 0.717) is 6.54 Å². The van der Waals surface area contributed by atoms with Gasteiger partial charge in [0, 0.05) is 24.7 Å². The largest absolute Gasteiger partial charge is 0.396 e. The Morgan fingerprint density at radius 1 is 1.06 bits per heavy atom. The highest BCUT2D eigenvalue weighted by atomic mass is 16.3. The molecule has 0 radical (unpaired) electrons. The van der Waals surface area contributed by atoms with E-state index in [0.717, 1.165) is 12.8 Å². The molecule has 0 unspecified atom stereocenters. The topological polar surface area (TPSA) is 45.4 Å². The van der Waals surface area contributed by atoms with E-state index >= 15 is 0 Å². The van der Waals surface area contributed by atoms with Gasteiger partial charge < -0.3 is 14.8 Å². The van der Waals surface area contributed by atoms with Gasteiger partial charge in [-0.1, -0.05) is 12.1 Å².